The first-order valence-electron chi connectivity index (χ1n) is 6.06. The van der Waals surface area contributed by atoms with Crippen LogP contribution < -0.4 is 15.2 Å². The molecule has 1 heterocycles. The lowest BCUT2D eigenvalue weighted by Gasteiger charge is -2.10. The van der Waals surface area contributed by atoms with E-state index in [-0.39, 0.29) is 0 Å². The van der Waals surface area contributed by atoms with Gasteiger partial charge in [0.25, 0.3) is 0 Å². The van der Waals surface area contributed by atoms with Gasteiger partial charge in [-0.25, -0.2) is 4.98 Å². The summed E-state index contributed by atoms with van der Waals surface area (Å²) in [4.78, 5) is 5.68. The minimum atomic E-state index is 0.440. The third-order valence-corrected chi connectivity index (χ3v) is 3.96. The molecule has 0 unspecified atom stereocenters. The molecule has 1 aromatic carbocycles. The third-order valence-electron chi connectivity index (χ3n) is 2.92. The molecule has 1 aromatic heterocycles. The summed E-state index contributed by atoms with van der Waals surface area (Å²) < 4.78 is 11.0. The molecule has 5 heteroatoms. The molecule has 2 rings (SSSR count). The van der Waals surface area contributed by atoms with Crippen molar-refractivity contribution in [3.8, 4) is 11.5 Å². The lowest BCUT2D eigenvalue weighted by atomic mass is 10.2. The third kappa shape index (κ3) is 3.24. The molecule has 19 heavy (non-hydrogen) atoms. The Kier molecular flexibility index (Phi) is 4.39. The molecule has 2 aromatic rings. The van der Waals surface area contributed by atoms with Crippen LogP contribution in [0, 0.1) is 13.8 Å². The van der Waals surface area contributed by atoms with Crippen LogP contribution >= 0.6 is 11.3 Å². The van der Waals surface area contributed by atoms with E-state index in [9.17, 15) is 0 Å². The van der Waals surface area contributed by atoms with E-state index in [2.05, 4.69) is 11.9 Å². The maximum atomic E-state index is 5.81. The molecule has 0 aliphatic carbocycles. The summed E-state index contributed by atoms with van der Waals surface area (Å²) in [5.41, 5.74) is 7.73. The van der Waals surface area contributed by atoms with Gasteiger partial charge in [-0.1, -0.05) is 6.07 Å². The van der Waals surface area contributed by atoms with Crippen molar-refractivity contribution in [1.29, 1.82) is 0 Å². The van der Waals surface area contributed by atoms with Crippen molar-refractivity contribution in [3.05, 3.63) is 39.3 Å². The summed E-state index contributed by atoms with van der Waals surface area (Å²) in [6.45, 7) is 4.97. The van der Waals surface area contributed by atoms with E-state index in [1.54, 1.807) is 18.4 Å². The quantitative estimate of drug-likeness (QED) is 0.913. The van der Waals surface area contributed by atoms with E-state index in [1.165, 1.54) is 4.88 Å². The maximum absolute atomic E-state index is 5.81. The number of benzene rings is 1. The van der Waals surface area contributed by atoms with Gasteiger partial charge in [-0.15, -0.1) is 11.3 Å². The van der Waals surface area contributed by atoms with E-state index in [4.69, 9.17) is 15.2 Å². The molecule has 0 spiro atoms. The van der Waals surface area contributed by atoms with E-state index < -0.39 is 0 Å². The van der Waals surface area contributed by atoms with Crippen LogP contribution in [0.1, 0.15) is 21.1 Å². The first kappa shape index (κ1) is 13.8. The Morgan fingerprint density at radius 3 is 2.68 bits per heavy atom. The van der Waals surface area contributed by atoms with Gasteiger partial charge >= 0.3 is 0 Å². The number of methoxy groups -OCH3 is 1. The second-order valence-electron chi connectivity index (χ2n) is 4.22. The monoisotopic (exact) mass is 278 g/mol. The first-order valence-corrected chi connectivity index (χ1v) is 6.88. The van der Waals surface area contributed by atoms with E-state index in [1.807, 2.05) is 25.1 Å². The van der Waals surface area contributed by atoms with Gasteiger partial charge in [-0.3, -0.25) is 0 Å². The highest BCUT2D eigenvalue weighted by molar-refractivity contribution is 7.11. The van der Waals surface area contributed by atoms with E-state index in [0.717, 1.165) is 27.8 Å². The number of rotatable bonds is 5. The van der Waals surface area contributed by atoms with Crippen molar-refractivity contribution in [3.63, 3.8) is 0 Å². The van der Waals surface area contributed by atoms with Crippen molar-refractivity contribution in [2.24, 2.45) is 5.73 Å². The SMILES string of the molecule is COc1ccc(CN)c(OCc2nc(C)c(C)s2)c1. The minimum absolute atomic E-state index is 0.440. The second kappa shape index (κ2) is 6.04. The van der Waals surface area contributed by atoms with Crippen molar-refractivity contribution < 1.29 is 9.47 Å². The number of nitrogens with zero attached hydrogens (tertiary/aromatic N) is 1. The van der Waals surface area contributed by atoms with Crippen LogP contribution in [0.25, 0.3) is 0 Å². The molecule has 0 radical (unpaired) electrons. The Hall–Kier alpha value is -1.59. The zero-order chi connectivity index (χ0) is 13.8. The Morgan fingerprint density at radius 1 is 1.32 bits per heavy atom. The van der Waals surface area contributed by atoms with Gasteiger partial charge in [0.2, 0.25) is 0 Å². The number of hydrogen-bond acceptors (Lipinski definition) is 5. The van der Waals surface area contributed by atoms with Gasteiger partial charge in [-0.2, -0.15) is 0 Å². The fourth-order valence-electron chi connectivity index (χ4n) is 1.71. The molecule has 0 bridgehead atoms. The van der Waals surface area contributed by atoms with Crippen LogP contribution in [0.2, 0.25) is 0 Å². The van der Waals surface area contributed by atoms with Gasteiger partial charge in [0.1, 0.15) is 23.1 Å². The fraction of sp³-hybridized carbons (Fsp3) is 0.357. The zero-order valence-corrected chi connectivity index (χ0v) is 12.2. The molecule has 0 saturated carbocycles. The molecule has 2 N–H and O–H groups in total. The van der Waals surface area contributed by atoms with Gasteiger partial charge in [-0.05, 0) is 19.9 Å². The summed E-state index contributed by atoms with van der Waals surface area (Å²) in [5, 5.41) is 0.973. The molecular weight excluding hydrogens is 260 g/mol. The molecule has 0 aliphatic rings. The summed E-state index contributed by atoms with van der Waals surface area (Å²) in [7, 11) is 1.63. The largest absolute Gasteiger partial charge is 0.497 e. The summed E-state index contributed by atoms with van der Waals surface area (Å²) in [6, 6.07) is 5.66. The van der Waals surface area contributed by atoms with Crippen LogP contribution in [0.3, 0.4) is 0 Å². The molecular formula is C14H18N2O2S. The van der Waals surface area contributed by atoms with Crippen LogP contribution in [0.15, 0.2) is 18.2 Å². The number of aryl methyl sites for hydroxylation is 2. The number of aromatic nitrogens is 1. The Bertz CT molecular complexity index is 547. The lowest BCUT2D eigenvalue weighted by molar-refractivity contribution is 0.299. The molecule has 0 fully saturated rings. The fourth-order valence-corrected chi connectivity index (χ4v) is 2.55. The van der Waals surface area contributed by atoms with Crippen LogP contribution in [-0.2, 0) is 13.2 Å². The predicted octanol–water partition coefficient (Wildman–Crippen LogP) is 2.81. The van der Waals surface area contributed by atoms with Crippen LogP contribution in [0.5, 0.6) is 11.5 Å². The topological polar surface area (TPSA) is 57.4 Å². The predicted molar refractivity (Wildman–Crippen MR) is 76.8 cm³/mol. The van der Waals surface area contributed by atoms with Crippen molar-refractivity contribution >= 4 is 11.3 Å². The highest BCUT2D eigenvalue weighted by Gasteiger charge is 2.08. The number of nitrogens with two attached hydrogens (primary N) is 1. The van der Waals surface area contributed by atoms with Gasteiger partial charge in [0, 0.05) is 23.1 Å². The lowest BCUT2D eigenvalue weighted by Crippen LogP contribution is -2.03. The number of ether oxygens (including phenoxy) is 2. The van der Waals surface area contributed by atoms with Crippen LogP contribution in [-0.4, -0.2) is 12.1 Å². The molecule has 4 nitrogen and oxygen atoms in total. The van der Waals surface area contributed by atoms with Gasteiger partial charge in [0.05, 0.1) is 12.8 Å². The highest BCUT2D eigenvalue weighted by Crippen LogP contribution is 2.26. The van der Waals surface area contributed by atoms with Gasteiger partial charge < -0.3 is 15.2 Å². The molecule has 0 saturated heterocycles. The minimum Gasteiger partial charge on any atom is -0.497 e. The second-order valence-corrected chi connectivity index (χ2v) is 5.50. The van der Waals surface area contributed by atoms with Gasteiger partial charge in [0.15, 0.2) is 0 Å². The Labute approximate surface area is 117 Å². The summed E-state index contributed by atoms with van der Waals surface area (Å²) >= 11 is 1.66. The summed E-state index contributed by atoms with van der Waals surface area (Å²) in [6.07, 6.45) is 0. The molecule has 0 amide bonds. The average Bonchev–Trinajstić information content (AvgIpc) is 2.75. The first-order chi connectivity index (χ1) is 9.13. The Balaban J connectivity index is 2.13. The maximum Gasteiger partial charge on any atom is 0.140 e. The molecule has 102 valence electrons. The van der Waals surface area contributed by atoms with Crippen LogP contribution in [0.4, 0.5) is 0 Å². The Morgan fingerprint density at radius 2 is 2.11 bits per heavy atom. The zero-order valence-electron chi connectivity index (χ0n) is 11.4. The number of thiazole rings is 1. The van der Waals surface area contributed by atoms with Crippen molar-refractivity contribution in [2.75, 3.05) is 7.11 Å². The normalized spacial score (nSPS) is 10.5. The standard InChI is InChI=1S/C14H18N2O2S/c1-9-10(2)19-14(16-9)8-18-13-6-12(17-3)5-4-11(13)7-15/h4-6H,7-8,15H2,1-3H3. The molecule has 0 atom stereocenters. The van der Waals surface area contributed by atoms with Crippen molar-refractivity contribution in [2.45, 2.75) is 27.0 Å². The number of hydrogen-bond donors (Lipinski definition) is 1. The highest BCUT2D eigenvalue weighted by atomic mass is 32.1. The smallest absolute Gasteiger partial charge is 0.140 e. The average molecular weight is 278 g/mol. The van der Waals surface area contributed by atoms with Crippen molar-refractivity contribution in [1.82, 2.24) is 4.98 Å². The van der Waals surface area contributed by atoms with E-state index >= 15 is 0 Å². The summed E-state index contributed by atoms with van der Waals surface area (Å²) in [5.74, 6) is 1.52. The molecule has 0 aliphatic heterocycles. The van der Waals surface area contributed by atoms with E-state index in [0.29, 0.717) is 13.2 Å².